The van der Waals surface area contributed by atoms with Gasteiger partial charge in [0.05, 0.1) is 42.1 Å². The summed E-state index contributed by atoms with van der Waals surface area (Å²) in [6.45, 7) is 1.92. The number of aliphatic hydroxyl groups is 5. The molecule has 16 heteroatoms. The molecule has 2 aromatic rings. The average molecular weight is 713 g/mol. The largest absolute Gasteiger partial charge is 0.481 e. The van der Waals surface area contributed by atoms with Crippen LogP contribution in [0.15, 0.2) is 48.5 Å². The number of aliphatic hydroxyl groups excluding tert-OH is 5. The van der Waals surface area contributed by atoms with Crippen LogP contribution in [0.4, 0.5) is 0 Å². The highest BCUT2D eigenvalue weighted by atomic mass is 16.6. The fraction of sp³-hybridized carbons (Fsp3) is 0.471. The number of carbonyl (C=O) groups excluding carboxylic acids is 2. The smallest absolute Gasteiger partial charge is 0.346 e. The molecule has 0 bridgehead atoms. The summed E-state index contributed by atoms with van der Waals surface area (Å²) in [5, 5.41) is 75.8. The summed E-state index contributed by atoms with van der Waals surface area (Å²) < 4.78 is 4.35. The average Bonchev–Trinajstić information content (AvgIpc) is 3.40. The lowest BCUT2D eigenvalue weighted by Crippen LogP contribution is -2.32. The van der Waals surface area contributed by atoms with E-state index in [-0.39, 0.29) is 57.0 Å². The molecule has 1 heterocycles. The van der Waals surface area contributed by atoms with Crippen molar-refractivity contribution >= 4 is 35.8 Å². The van der Waals surface area contributed by atoms with Gasteiger partial charge in [-0.05, 0) is 62.4 Å². The van der Waals surface area contributed by atoms with E-state index in [1.807, 2.05) is 6.92 Å². The van der Waals surface area contributed by atoms with Gasteiger partial charge in [-0.3, -0.25) is 9.59 Å². The van der Waals surface area contributed by atoms with Crippen LogP contribution in [0.25, 0.3) is 0 Å². The normalized spacial score (nSPS) is 11.0. The van der Waals surface area contributed by atoms with E-state index in [0.717, 1.165) is 31.7 Å². The van der Waals surface area contributed by atoms with Crippen molar-refractivity contribution < 1.29 is 79.5 Å². The van der Waals surface area contributed by atoms with E-state index in [1.54, 1.807) is 24.3 Å². The van der Waals surface area contributed by atoms with Crippen molar-refractivity contribution in [2.75, 3.05) is 33.0 Å². The zero-order valence-corrected chi connectivity index (χ0v) is 27.9. The molecule has 0 saturated carbocycles. The molecule has 0 saturated heterocycles. The van der Waals surface area contributed by atoms with Crippen LogP contribution in [0.1, 0.15) is 106 Å². The number of aliphatic carboxylic acids is 2. The number of fused-ring (bicyclic) bond motifs is 1. The van der Waals surface area contributed by atoms with E-state index in [0.29, 0.717) is 30.4 Å². The lowest BCUT2D eigenvalue weighted by molar-refractivity contribution is -0.139. The number of esters is 2. The van der Waals surface area contributed by atoms with Gasteiger partial charge in [-0.2, -0.15) is 0 Å². The molecule has 0 atom stereocenters. The van der Waals surface area contributed by atoms with Gasteiger partial charge in [0.15, 0.2) is 0 Å². The van der Waals surface area contributed by atoms with Crippen molar-refractivity contribution in [3.63, 3.8) is 0 Å². The molecular formula is C34H48O16. The molecule has 0 fully saturated rings. The standard InChI is InChI=1S/C8H6O4.C8H4O3.C6H10O4.C6H14O3.C6H14O2/c9-7(10)5-2-1-3-6(4-5)8(11)12;9-7-5-3-1-2-4-6(5)8(10)11-7;7-5(8)3-1-2-4-6(9)10;1-2-6(3-7,4-8)5-9;7-5-3-1-2-4-6-8/h1-4H,(H,9,10)(H,11,12);1-4H;1-4H2,(H,7,8)(H,9,10);7-9H,2-5H2,1H3;7-8H,1-6H2. The molecule has 0 unspecified atom stereocenters. The first kappa shape index (κ1) is 47.4. The lowest BCUT2D eigenvalue weighted by Gasteiger charge is -2.24. The van der Waals surface area contributed by atoms with Gasteiger partial charge in [0, 0.05) is 31.5 Å². The Morgan fingerprint density at radius 1 is 0.580 bits per heavy atom. The first-order chi connectivity index (χ1) is 23.7. The fourth-order valence-corrected chi connectivity index (χ4v) is 3.43. The first-order valence-electron chi connectivity index (χ1n) is 15.6. The molecule has 9 N–H and O–H groups in total. The highest BCUT2D eigenvalue weighted by molar-refractivity contribution is 6.14. The van der Waals surface area contributed by atoms with Crippen LogP contribution in [0.2, 0.25) is 0 Å². The van der Waals surface area contributed by atoms with Gasteiger partial charge < -0.3 is 50.7 Å². The summed E-state index contributed by atoms with van der Waals surface area (Å²) in [5.74, 6) is -5.09. The zero-order chi connectivity index (χ0) is 38.5. The molecular weight excluding hydrogens is 664 g/mol. The summed E-state index contributed by atoms with van der Waals surface area (Å²) in [6.07, 6.45) is 5.44. The SMILES string of the molecule is CCC(CO)(CO)CO.O=C(O)CCCCC(=O)O.O=C(O)c1cccc(C(=O)O)c1.O=C1OC(=O)c2ccccc21.OCCCCCCO. The van der Waals surface area contributed by atoms with Crippen molar-refractivity contribution in [2.24, 2.45) is 5.41 Å². The topological polar surface area (TPSA) is 294 Å². The third-order valence-electron chi connectivity index (χ3n) is 6.76. The molecule has 2 aromatic carbocycles. The molecule has 50 heavy (non-hydrogen) atoms. The molecule has 1 aliphatic heterocycles. The Kier molecular flexibility index (Phi) is 26.7. The van der Waals surface area contributed by atoms with Crippen molar-refractivity contribution in [1.82, 2.24) is 0 Å². The molecule has 0 amide bonds. The molecule has 0 radical (unpaired) electrons. The van der Waals surface area contributed by atoms with E-state index >= 15 is 0 Å². The molecule has 16 nitrogen and oxygen atoms in total. The van der Waals surface area contributed by atoms with Crippen molar-refractivity contribution in [2.45, 2.75) is 64.7 Å². The van der Waals surface area contributed by atoms with Gasteiger partial charge in [-0.25, -0.2) is 19.2 Å². The van der Waals surface area contributed by atoms with Crippen molar-refractivity contribution in [3.8, 4) is 0 Å². The third-order valence-corrected chi connectivity index (χ3v) is 6.76. The van der Waals surface area contributed by atoms with E-state index in [1.165, 1.54) is 18.2 Å². The highest BCUT2D eigenvalue weighted by Crippen LogP contribution is 2.19. The number of carboxylic acid groups (broad SMARTS) is 4. The van der Waals surface area contributed by atoms with Gasteiger partial charge in [0.25, 0.3) is 0 Å². The molecule has 0 aromatic heterocycles. The minimum Gasteiger partial charge on any atom is -0.481 e. The number of hydrogen-bond acceptors (Lipinski definition) is 12. The van der Waals surface area contributed by atoms with Crippen LogP contribution in [-0.4, -0.2) is 115 Å². The Morgan fingerprint density at radius 2 is 0.960 bits per heavy atom. The van der Waals surface area contributed by atoms with Gasteiger partial charge in [0.2, 0.25) is 0 Å². The van der Waals surface area contributed by atoms with Gasteiger partial charge in [-0.15, -0.1) is 0 Å². The second kappa shape index (κ2) is 28.1. The minimum atomic E-state index is -1.13. The Labute approximate surface area is 289 Å². The molecule has 3 rings (SSSR count). The van der Waals surface area contributed by atoms with Gasteiger partial charge >= 0.3 is 35.8 Å². The Hall–Kier alpha value is -4.74. The third kappa shape index (κ3) is 21.3. The van der Waals surface area contributed by atoms with Crippen LogP contribution in [0.5, 0.6) is 0 Å². The minimum absolute atomic E-state index is 0.0186. The number of carbonyl (C=O) groups is 6. The Morgan fingerprint density at radius 3 is 1.22 bits per heavy atom. The Balaban J connectivity index is 0. The van der Waals surface area contributed by atoms with Crippen molar-refractivity contribution in [1.29, 1.82) is 0 Å². The summed E-state index contributed by atoms with van der Waals surface area (Å²) >= 11 is 0. The predicted molar refractivity (Wildman–Crippen MR) is 177 cm³/mol. The van der Waals surface area contributed by atoms with E-state index < -0.39 is 41.2 Å². The van der Waals surface area contributed by atoms with E-state index in [9.17, 15) is 28.8 Å². The van der Waals surface area contributed by atoms with Crippen molar-refractivity contribution in [3.05, 3.63) is 70.8 Å². The van der Waals surface area contributed by atoms with Crippen LogP contribution in [0.3, 0.4) is 0 Å². The number of unbranched alkanes of at least 4 members (excludes halogenated alkanes) is 4. The summed E-state index contributed by atoms with van der Waals surface area (Å²) in [6, 6.07) is 11.7. The first-order valence-corrected chi connectivity index (χ1v) is 15.6. The van der Waals surface area contributed by atoms with E-state index in [2.05, 4.69) is 4.74 Å². The fourth-order valence-electron chi connectivity index (χ4n) is 3.43. The van der Waals surface area contributed by atoms with Crippen LogP contribution >= 0.6 is 0 Å². The number of rotatable bonds is 16. The quantitative estimate of drug-likeness (QED) is 0.0686. The summed E-state index contributed by atoms with van der Waals surface area (Å²) in [4.78, 5) is 62.2. The maximum Gasteiger partial charge on any atom is 0.346 e. The van der Waals surface area contributed by atoms with E-state index in [4.69, 9.17) is 46.0 Å². The Bertz CT molecular complexity index is 1220. The number of ether oxygens (including phenoxy) is 1. The second-order valence-corrected chi connectivity index (χ2v) is 10.6. The summed E-state index contributed by atoms with van der Waals surface area (Å²) in [7, 11) is 0. The number of carboxylic acids is 4. The zero-order valence-electron chi connectivity index (χ0n) is 27.9. The monoisotopic (exact) mass is 712 g/mol. The molecule has 0 aliphatic carbocycles. The maximum atomic E-state index is 10.8. The van der Waals surface area contributed by atoms with Crippen LogP contribution < -0.4 is 0 Å². The number of cyclic esters (lactones) is 2. The lowest BCUT2D eigenvalue weighted by atomic mass is 9.88. The van der Waals surface area contributed by atoms with Crippen LogP contribution in [0, 0.1) is 5.41 Å². The van der Waals surface area contributed by atoms with Gasteiger partial charge in [0.1, 0.15) is 0 Å². The molecule has 0 spiro atoms. The highest BCUT2D eigenvalue weighted by Gasteiger charge is 2.28. The number of aromatic carboxylic acids is 2. The maximum absolute atomic E-state index is 10.8. The predicted octanol–water partition coefficient (Wildman–Crippen LogP) is 2.69. The molecule has 280 valence electrons. The number of hydrogen-bond donors (Lipinski definition) is 9. The second-order valence-electron chi connectivity index (χ2n) is 10.6. The summed E-state index contributed by atoms with van der Waals surface area (Å²) in [5.41, 5.74) is 0.0137. The van der Waals surface area contributed by atoms with Crippen LogP contribution in [-0.2, 0) is 14.3 Å². The molecule has 1 aliphatic rings. The number of benzene rings is 2. The van der Waals surface area contributed by atoms with Gasteiger partial charge in [-0.1, -0.05) is 38.0 Å².